The number of nitrogens with one attached hydrogen (secondary N) is 2. The zero-order valence-electron chi connectivity index (χ0n) is 16.5. The van der Waals surface area contributed by atoms with Crippen LogP contribution < -0.4 is 5.23 Å². The second kappa shape index (κ2) is 7.83. The highest BCUT2D eigenvalue weighted by atomic mass is 35.5. The maximum absolute atomic E-state index is 13.5. The Labute approximate surface area is 183 Å². The van der Waals surface area contributed by atoms with Crippen molar-refractivity contribution < 1.29 is 15.2 Å². The van der Waals surface area contributed by atoms with E-state index >= 15 is 0 Å². The predicted molar refractivity (Wildman–Crippen MR) is 119 cm³/mol. The minimum absolute atomic E-state index is 0.151. The van der Waals surface area contributed by atoms with Gasteiger partial charge in [-0.3, -0.25) is 4.79 Å². The largest absolute Gasteiger partial charge is 0.595 e. The molecule has 3 aromatic carbocycles. The van der Waals surface area contributed by atoms with Crippen molar-refractivity contribution >= 4 is 34.1 Å². The Morgan fingerprint density at radius 3 is 2.52 bits per heavy atom. The number of H-pyrrole nitrogens is 1. The number of quaternary nitrogens is 1. The van der Waals surface area contributed by atoms with Gasteiger partial charge in [-0.15, -0.1) is 0 Å². The van der Waals surface area contributed by atoms with E-state index in [2.05, 4.69) is 11.1 Å². The Morgan fingerprint density at radius 1 is 1.06 bits per heavy atom. The zero-order chi connectivity index (χ0) is 21.5. The van der Waals surface area contributed by atoms with Gasteiger partial charge in [0.1, 0.15) is 0 Å². The monoisotopic (exact) mass is 433 g/mol. The van der Waals surface area contributed by atoms with Gasteiger partial charge < -0.3 is 15.1 Å². The molecule has 0 bridgehead atoms. The lowest BCUT2D eigenvalue weighted by atomic mass is 9.91. The molecular weight excluding hydrogens is 414 g/mol. The fourth-order valence-electron chi connectivity index (χ4n) is 4.40. The second-order valence-corrected chi connectivity index (χ2v) is 8.03. The third-order valence-electron chi connectivity index (χ3n) is 5.87. The van der Waals surface area contributed by atoms with E-state index in [1.54, 1.807) is 48.5 Å². The molecule has 7 heteroatoms. The summed E-state index contributed by atoms with van der Waals surface area (Å²) in [5.41, 5.74) is 4.67. The molecule has 156 valence electrons. The molecule has 0 fully saturated rings. The van der Waals surface area contributed by atoms with Crippen LogP contribution in [0.5, 0.6) is 0 Å². The Hall–Kier alpha value is -3.16. The van der Waals surface area contributed by atoms with Gasteiger partial charge in [-0.2, -0.15) is 5.23 Å². The van der Waals surface area contributed by atoms with Crippen molar-refractivity contribution in [1.82, 2.24) is 9.88 Å². The third kappa shape index (κ3) is 3.40. The Morgan fingerprint density at radius 2 is 1.77 bits per heavy atom. The molecular formula is C24H20ClN3O3. The molecule has 2 atom stereocenters. The van der Waals surface area contributed by atoms with Crippen LogP contribution in [0.25, 0.3) is 10.9 Å². The number of aromatic nitrogens is 1. The highest BCUT2D eigenvalue weighted by molar-refractivity contribution is 6.33. The van der Waals surface area contributed by atoms with Crippen LogP contribution >= 0.6 is 11.6 Å². The number of amides is 1. The van der Waals surface area contributed by atoms with Gasteiger partial charge in [0.15, 0.2) is 5.69 Å². The predicted octanol–water partition coefficient (Wildman–Crippen LogP) is 4.01. The van der Waals surface area contributed by atoms with Crippen molar-refractivity contribution in [2.24, 2.45) is 0 Å². The topological polar surface area (TPSA) is 83.8 Å². The van der Waals surface area contributed by atoms with E-state index in [4.69, 9.17) is 11.6 Å². The number of hydrogen-bond donors (Lipinski definition) is 3. The average molecular weight is 434 g/mol. The van der Waals surface area contributed by atoms with E-state index in [0.29, 0.717) is 17.1 Å². The number of nitrogens with zero attached hydrogens (tertiary/aromatic N) is 1. The summed E-state index contributed by atoms with van der Waals surface area (Å²) < 4.78 is 0. The summed E-state index contributed by atoms with van der Waals surface area (Å²) in [4.78, 5) is 18.9. The van der Waals surface area contributed by atoms with Gasteiger partial charge in [0.25, 0.3) is 5.91 Å². The number of benzene rings is 3. The molecule has 1 aromatic heterocycles. The normalized spacial score (nSPS) is 16.9. The lowest BCUT2D eigenvalue weighted by Gasteiger charge is -2.36. The van der Waals surface area contributed by atoms with E-state index in [1.807, 2.05) is 23.1 Å². The molecule has 0 aliphatic carbocycles. The van der Waals surface area contributed by atoms with Crippen LogP contribution in [0.3, 0.4) is 0 Å². The van der Waals surface area contributed by atoms with E-state index < -0.39 is 5.23 Å². The molecule has 1 amide bonds. The molecule has 0 saturated heterocycles. The molecule has 4 aromatic rings. The molecule has 2 heterocycles. The molecule has 5 rings (SSSR count). The first-order valence-corrected chi connectivity index (χ1v) is 10.4. The smallest absolute Gasteiger partial charge is 0.256 e. The van der Waals surface area contributed by atoms with Gasteiger partial charge in [-0.05, 0) is 35.7 Å². The van der Waals surface area contributed by atoms with Crippen LogP contribution in [0, 0.1) is 5.21 Å². The minimum Gasteiger partial charge on any atom is -0.595 e. The maximum Gasteiger partial charge on any atom is 0.256 e. The van der Waals surface area contributed by atoms with E-state index in [0.717, 1.165) is 28.6 Å². The second-order valence-electron chi connectivity index (χ2n) is 7.62. The van der Waals surface area contributed by atoms with Crippen molar-refractivity contribution in [3.63, 3.8) is 0 Å². The van der Waals surface area contributed by atoms with Crippen LogP contribution in [-0.4, -0.2) is 27.5 Å². The first kappa shape index (κ1) is 19.8. The Kier molecular flexibility index (Phi) is 5.00. The number of aromatic amines is 1. The standard InChI is InChI=1S/C24H20ClN3O3/c25-20-7-3-1-6-19(20)24(29)27-14-13-18-17-5-2-4-8-21(17)26-22(18)23(27)15-9-11-16(12-10-15)28(30)31/h1-12,23,26,28,30H,13-14H2/t23-/m0/s1. The van der Waals surface area contributed by atoms with Gasteiger partial charge in [0.05, 0.1) is 16.6 Å². The van der Waals surface area contributed by atoms with Crippen LogP contribution in [0.1, 0.15) is 33.2 Å². The number of carbonyl (C=O) groups is 1. The van der Waals surface area contributed by atoms with Crippen molar-refractivity contribution in [1.29, 1.82) is 0 Å². The number of carbonyl (C=O) groups excluding carboxylic acids is 1. The molecule has 3 N–H and O–H groups in total. The van der Waals surface area contributed by atoms with Crippen LogP contribution in [0.4, 0.5) is 5.69 Å². The maximum atomic E-state index is 13.5. The summed E-state index contributed by atoms with van der Waals surface area (Å²) in [6.45, 7) is 0.532. The fourth-order valence-corrected chi connectivity index (χ4v) is 4.62. The summed E-state index contributed by atoms with van der Waals surface area (Å²) in [5.74, 6) is -0.151. The SMILES string of the molecule is O=C(c1ccccc1Cl)N1CCc2c([nH]c3ccccc23)[C@@H]1c1ccc([NH+]([O-])O)cc1. The summed E-state index contributed by atoms with van der Waals surface area (Å²) in [7, 11) is 0. The summed E-state index contributed by atoms with van der Waals surface area (Å²) in [6, 6.07) is 21.5. The van der Waals surface area contributed by atoms with Gasteiger partial charge in [0.2, 0.25) is 0 Å². The van der Waals surface area contributed by atoms with E-state index in [-0.39, 0.29) is 17.6 Å². The number of rotatable bonds is 3. The first-order valence-electron chi connectivity index (χ1n) is 10.0. The van der Waals surface area contributed by atoms with Gasteiger partial charge in [-0.1, -0.05) is 54.1 Å². The molecule has 1 aliphatic rings. The lowest BCUT2D eigenvalue weighted by molar-refractivity contribution is -0.991. The molecule has 31 heavy (non-hydrogen) atoms. The minimum atomic E-state index is -0.981. The molecule has 6 nitrogen and oxygen atoms in total. The number of fused-ring (bicyclic) bond motifs is 3. The number of hydrogen-bond acceptors (Lipinski definition) is 3. The van der Waals surface area contributed by atoms with E-state index in [9.17, 15) is 15.2 Å². The third-order valence-corrected chi connectivity index (χ3v) is 6.20. The van der Waals surface area contributed by atoms with Crippen molar-refractivity contribution in [3.05, 3.63) is 105 Å². The Balaban J connectivity index is 1.65. The first-order chi connectivity index (χ1) is 15.0. The van der Waals surface area contributed by atoms with Gasteiger partial charge >= 0.3 is 0 Å². The van der Waals surface area contributed by atoms with Crippen molar-refractivity contribution in [2.75, 3.05) is 6.54 Å². The molecule has 1 unspecified atom stereocenters. The molecule has 1 aliphatic heterocycles. The molecule has 0 saturated carbocycles. The number of halogens is 1. The summed E-state index contributed by atoms with van der Waals surface area (Å²) in [5, 5.41) is 21.2. The summed E-state index contributed by atoms with van der Waals surface area (Å²) in [6.07, 6.45) is 0.721. The average Bonchev–Trinajstić information content (AvgIpc) is 3.17. The van der Waals surface area contributed by atoms with Gasteiger partial charge in [-0.25, -0.2) is 5.21 Å². The Bertz CT molecular complexity index is 1270. The highest BCUT2D eigenvalue weighted by Crippen LogP contribution is 2.39. The quantitative estimate of drug-likeness (QED) is 0.427. The van der Waals surface area contributed by atoms with Crippen molar-refractivity contribution in [2.45, 2.75) is 12.5 Å². The molecule has 0 radical (unpaired) electrons. The van der Waals surface area contributed by atoms with Crippen LogP contribution in [-0.2, 0) is 6.42 Å². The fraction of sp³-hybridized carbons (Fsp3) is 0.125. The van der Waals surface area contributed by atoms with Crippen LogP contribution in [0.15, 0.2) is 72.8 Å². The lowest BCUT2D eigenvalue weighted by Crippen LogP contribution is -2.99. The van der Waals surface area contributed by atoms with E-state index in [1.165, 1.54) is 5.56 Å². The van der Waals surface area contributed by atoms with Crippen molar-refractivity contribution in [3.8, 4) is 0 Å². The highest BCUT2D eigenvalue weighted by Gasteiger charge is 2.35. The summed E-state index contributed by atoms with van der Waals surface area (Å²) >= 11 is 6.33. The molecule has 0 spiro atoms. The van der Waals surface area contributed by atoms with Crippen LogP contribution in [0.2, 0.25) is 5.02 Å². The number of para-hydroxylation sites is 1. The zero-order valence-corrected chi connectivity index (χ0v) is 17.3. The van der Waals surface area contributed by atoms with Gasteiger partial charge in [0, 0.05) is 35.3 Å².